The number of nitrogens with zero attached hydrogens (tertiary/aromatic N) is 1. The molecule has 0 radical (unpaired) electrons. The Labute approximate surface area is 188 Å². The molecule has 9 heteroatoms. The van der Waals surface area contributed by atoms with Crippen molar-refractivity contribution in [3.05, 3.63) is 93.8 Å². The highest BCUT2D eigenvalue weighted by molar-refractivity contribution is 8.00. The maximum absolute atomic E-state index is 13.0. The van der Waals surface area contributed by atoms with Gasteiger partial charge in [-0.3, -0.25) is 19.7 Å². The van der Waals surface area contributed by atoms with Crippen molar-refractivity contribution in [2.24, 2.45) is 0 Å². The molecule has 0 aliphatic heterocycles. The molecule has 0 aromatic heterocycles. The van der Waals surface area contributed by atoms with Crippen LogP contribution in [0.25, 0.3) is 0 Å². The van der Waals surface area contributed by atoms with Gasteiger partial charge in [0.25, 0.3) is 11.6 Å². The van der Waals surface area contributed by atoms with Gasteiger partial charge in [0.05, 0.1) is 15.9 Å². The predicted octanol–water partition coefficient (Wildman–Crippen LogP) is 5.41. The molecule has 0 saturated heterocycles. The molecule has 0 fully saturated rings. The Morgan fingerprint density at radius 2 is 1.75 bits per heavy atom. The average Bonchev–Trinajstić information content (AvgIpc) is 2.75. The van der Waals surface area contributed by atoms with Crippen molar-refractivity contribution in [2.75, 3.05) is 10.6 Å². The molecule has 32 heavy (non-hydrogen) atoms. The van der Waals surface area contributed by atoms with Crippen LogP contribution in [0.3, 0.4) is 0 Å². The van der Waals surface area contributed by atoms with E-state index < -0.39 is 16.0 Å². The monoisotopic (exact) mass is 453 g/mol. The van der Waals surface area contributed by atoms with E-state index in [0.717, 1.165) is 4.90 Å². The number of benzene rings is 3. The molecule has 3 aromatic carbocycles. The van der Waals surface area contributed by atoms with E-state index in [1.807, 2.05) is 0 Å². The number of anilines is 2. The van der Waals surface area contributed by atoms with Crippen LogP contribution in [0.5, 0.6) is 0 Å². The maximum Gasteiger partial charge on any atom is 0.271 e. The molecule has 2 N–H and O–H groups in total. The molecule has 3 aromatic rings. The quantitative estimate of drug-likeness (QED) is 0.283. The Hall–Kier alpha value is -3.72. The van der Waals surface area contributed by atoms with E-state index in [1.54, 1.807) is 44.2 Å². The zero-order valence-corrected chi connectivity index (χ0v) is 18.1. The van der Waals surface area contributed by atoms with Gasteiger partial charge < -0.3 is 10.6 Å². The van der Waals surface area contributed by atoms with Crippen LogP contribution in [0.1, 0.15) is 22.8 Å². The molecule has 0 heterocycles. The lowest BCUT2D eigenvalue weighted by Crippen LogP contribution is -2.22. The van der Waals surface area contributed by atoms with Crippen molar-refractivity contribution in [2.45, 2.75) is 24.0 Å². The topological polar surface area (TPSA) is 101 Å². The number of hydrogen-bond donors (Lipinski definition) is 2. The average molecular weight is 453 g/mol. The Morgan fingerprint density at radius 1 is 1.03 bits per heavy atom. The van der Waals surface area contributed by atoms with E-state index in [9.17, 15) is 24.1 Å². The molecule has 0 spiro atoms. The van der Waals surface area contributed by atoms with Gasteiger partial charge in [-0.2, -0.15) is 0 Å². The number of rotatable bonds is 7. The molecule has 3 rings (SSSR count). The minimum atomic E-state index is -0.515. The molecule has 2 amide bonds. The summed E-state index contributed by atoms with van der Waals surface area (Å²) in [6, 6.07) is 16.5. The number of amides is 2. The van der Waals surface area contributed by atoms with Crippen LogP contribution in [-0.2, 0) is 4.79 Å². The van der Waals surface area contributed by atoms with E-state index in [4.69, 9.17) is 0 Å². The molecule has 7 nitrogen and oxygen atoms in total. The first-order chi connectivity index (χ1) is 15.2. The molecule has 164 valence electrons. The van der Waals surface area contributed by atoms with Crippen molar-refractivity contribution in [3.63, 3.8) is 0 Å². The lowest BCUT2D eigenvalue weighted by Gasteiger charge is -2.14. The standard InChI is InChI=1S/C23H20FN3O4S/c1-14-6-11-19(27(30)31)13-21(14)26-22(28)15(2)32-20-5-3-4-18(12-20)25-23(29)16-7-9-17(24)10-8-16/h3-13,15H,1-2H3,(H,25,29)(H,26,28). The number of carbonyl (C=O) groups is 2. The van der Waals surface area contributed by atoms with Gasteiger partial charge in [-0.05, 0) is 61.9 Å². The van der Waals surface area contributed by atoms with Crippen molar-refractivity contribution in [1.82, 2.24) is 0 Å². The second kappa shape index (κ2) is 10.1. The smallest absolute Gasteiger partial charge is 0.271 e. The van der Waals surface area contributed by atoms with Gasteiger partial charge in [-0.25, -0.2) is 4.39 Å². The first-order valence-corrected chi connectivity index (χ1v) is 10.5. The lowest BCUT2D eigenvalue weighted by atomic mass is 10.2. The Morgan fingerprint density at radius 3 is 2.44 bits per heavy atom. The highest BCUT2D eigenvalue weighted by Crippen LogP contribution is 2.28. The molecular weight excluding hydrogens is 433 g/mol. The van der Waals surface area contributed by atoms with Crippen LogP contribution in [0, 0.1) is 22.9 Å². The Balaban J connectivity index is 1.65. The number of non-ortho nitro benzene ring substituents is 1. The largest absolute Gasteiger partial charge is 0.325 e. The summed E-state index contributed by atoms with van der Waals surface area (Å²) in [5.74, 6) is -1.11. The Kier molecular flexibility index (Phi) is 7.21. The third-order valence-corrected chi connectivity index (χ3v) is 5.66. The summed E-state index contributed by atoms with van der Waals surface area (Å²) >= 11 is 1.28. The normalized spacial score (nSPS) is 11.5. The van der Waals surface area contributed by atoms with Crippen molar-refractivity contribution < 1.29 is 18.9 Å². The zero-order chi connectivity index (χ0) is 23.3. The first kappa shape index (κ1) is 23.0. The summed E-state index contributed by atoms with van der Waals surface area (Å²) in [7, 11) is 0. The molecule has 0 aliphatic carbocycles. The summed E-state index contributed by atoms with van der Waals surface area (Å²) in [6.45, 7) is 3.47. The van der Waals surface area contributed by atoms with E-state index in [0.29, 0.717) is 22.5 Å². The van der Waals surface area contributed by atoms with Crippen molar-refractivity contribution >= 4 is 40.6 Å². The van der Waals surface area contributed by atoms with Gasteiger partial charge in [0.2, 0.25) is 5.91 Å². The van der Waals surface area contributed by atoms with E-state index in [2.05, 4.69) is 10.6 Å². The zero-order valence-electron chi connectivity index (χ0n) is 17.3. The summed E-state index contributed by atoms with van der Waals surface area (Å²) in [6.07, 6.45) is 0. The summed E-state index contributed by atoms with van der Waals surface area (Å²) < 4.78 is 13.0. The second-order valence-electron chi connectivity index (χ2n) is 6.99. The van der Waals surface area contributed by atoms with Gasteiger partial charge in [-0.1, -0.05) is 12.1 Å². The van der Waals surface area contributed by atoms with Gasteiger partial charge in [0, 0.05) is 28.3 Å². The molecular formula is C23H20FN3O4S. The maximum atomic E-state index is 13.0. The fourth-order valence-electron chi connectivity index (χ4n) is 2.80. The van der Waals surface area contributed by atoms with E-state index in [1.165, 1.54) is 48.2 Å². The second-order valence-corrected chi connectivity index (χ2v) is 8.41. The first-order valence-electron chi connectivity index (χ1n) is 9.62. The molecule has 0 saturated carbocycles. The lowest BCUT2D eigenvalue weighted by molar-refractivity contribution is -0.384. The van der Waals surface area contributed by atoms with E-state index >= 15 is 0 Å². The van der Waals surface area contributed by atoms with Crippen LogP contribution in [0.15, 0.2) is 71.6 Å². The molecule has 0 bridgehead atoms. The van der Waals surface area contributed by atoms with Crippen LogP contribution in [-0.4, -0.2) is 22.0 Å². The molecule has 1 atom stereocenters. The number of aryl methyl sites for hydroxylation is 1. The van der Waals surface area contributed by atoms with Crippen molar-refractivity contribution in [1.29, 1.82) is 0 Å². The highest BCUT2D eigenvalue weighted by atomic mass is 32.2. The van der Waals surface area contributed by atoms with Gasteiger partial charge in [0.15, 0.2) is 0 Å². The minimum Gasteiger partial charge on any atom is -0.325 e. The van der Waals surface area contributed by atoms with Crippen LogP contribution >= 0.6 is 11.8 Å². The number of halogens is 1. The number of nitrogens with one attached hydrogen (secondary N) is 2. The van der Waals surface area contributed by atoms with Crippen LogP contribution in [0.2, 0.25) is 0 Å². The van der Waals surface area contributed by atoms with Crippen molar-refractivity contribution in [3.8, 4) is 0 Å². The molecule has 0 aliphatic rings. The SMILES string of the molecule is Cc1ccc([N+](=O)[O-])cc1NC(=O)C(C)Sc1cccc(NC(=O)c2ccc(F)cc2)c1. The summed E-state index contributed by atoms with van der Waals surface area (Å²) in [5, 5.41) is 16.0. The van der Waals surface area contributed by atoms with Crippen LogP contribution < -0.4 is 10.6 Å². The Bertz CT molecular complexity index is 1170. The summed E-state index contributed by atoms with van der Waals surface area (Å²) in [5.41, 5.74) is 1.86. The number of thioether (sulfide) groups is 1. The number of nitro benzene ring substituents is 1. The highest BCUT2D eigenvalue weighted by Gasteiger charge is 2.17. The minimum absolute atomic E-state index is 0.101. The molecule has 1 unspecified atom stereocenters. The predicted molar refractivity (Wildman–Crippen MR) is 123 cm³/mol. The number of hydrogen-bond acceptors (Lipinski definition) is 5. The van der Waals surface area contributed by atoms with Gasteiger partial charge in [-0.15, -0.1) is 11.8 Å². The number of carbonyl (C=O) groups excluding carboxylic acids is 2. The third kappa shape index (κ3) is 5.92. The van der Waals surface area contributed by atoms with Gasteiger partial charge in [0.1, 0.15) is 5.82 Å². The fraction of sp³-hybridized carbons (Fsp3) is 0.130. The van der Waals surface area contributed by atoms with Crippen LogP contribution in [0.4, 0.5) is 21.5 Å². The number of nitro groups is 1. The third-order valence-electron chi connectivity index (χ3n) is 4.57. The van der Waals surface area contributed by atoms with E-state index in [-0.39, 0.29) is 17.5 Å². The summed E-state index contributed by atoms with van der Waals surface area (Å²) in [4.78, 5) is 36.2. The van der Waals surface area contributed by atoms with Gasteiger partial charge >= 0.3 is 0 Å². The fourth-order valence-corrected chi connectivity index (χ4v) is 3.73.